The average Bonchev–Trinajstić information content (AvgIpc) is 1.98. The van der Waals surface area contributed by atoms with Crippen LogP contribution in [0.1, 0.15) is 13.8 Å². The first-order chi connectivity index (χ1) is 5.66. The summed E-state index contributed by atoms with van der Waals surface area (Å²) >= 11 is 0. The normalized spacial score (nSPS) is 12.1. The van der Waals surface area contributed by atoms with Crippen molar-refractivity contribution in [3.05, 3.63) is 23.8 Å². The van der Waals surface area contributed by atoms with Gasteiger partial charge in [0.05, 0.1) is 6.61 Å². The van der Waals surface area contributed by atoms with Gasteiger partial charge in [0.1, 0.15) is 6.61 Å². The fraction of sp³-hybridized carbons (Fsp3) is 0.444. The summed E-state index contributed by atoms with van der Waals surface area (Å²) in [5.41, 5.74) is 0.949. The van der Waals surface area contributed by atoms with Crippen molar-refractivity contribution in [3.63, 3.8) is 0 Å². The molecule has 0 rings (SSSR count). The number of carbonyl (C=O) groups is 1. The monoisotopic (exact) mass is 170 g/mol. The van der Waals surface area contributed by atoms with Crippen molar-refractivity contribution in [3.8, 4) is 0 Å². The van der Waals surface area contributed by atoms with Gasteiger partial charge in [-0.15, -0.1) is 0 Å². The number of hydrogen-bond donors (Lipinski definition) is 1. The van der Waals surface area contributed by atoms with Gasteiger partial charge in [-0.3, -0.25) is 4.79 Å². The van der Waals surface area contributed by atoms with E-state index in [4.69, 9.17) is 5.11 Å². The van der Waals surface area contributed by atoms with Crippen LogP contribution in [0, 0.1) is 0 Å². The molecule has 3 nitrogen and oxygen atoms in total. The lowest BCUT2D eigenvalue weighted by Crippen LogP contribution is -1.97. The lowest BCUT2D eigenvalue weighted by Gasteiger charge is -1.94. The predicted molar refractivity (Wildman–Crippen MR) is 46.6 cm³/mol. The third-order valence-electron chi connectivity index (χ3n) is 1.18. The molecule has 0 radical (unpaired) electrons. The molecular formula is C9H14O3. The quantitative estimate of drug-likeness (QED) is 0.506. The molecule has 12 heavy (non-hydrogen) atoms. The fourth-order valence-electron chi connectivity index (χ4n) is 0.612. The maximum Gasteiger partial charge on any atom is 0.302 e. The van der Waals surface area contributed by atoms with Gasteiger partial charge < -0.3 is 9.84 Å². The van der Waals surface area contributed by atoms with Gasteiger partial charge in [0.2, 0.25) is 0 Å². The first-order valence-corrected chi connectivity index (χ1v) is 3.74. The van der Waals surface area contributed by atoms with Crippen molar-refractivity contribution < 1.29 is 14.6 Å². The number of carbonyl (C=O) groups excluding carboxylic acids is 1. The first-order valence-electron chi connectivity index (χ1n) is 3.74. The van der Waals surface area contributed by atoms with Gasteiger partial charge in [0.15, 0.2) is 0 Å². The molecule has 0 aromatic heterocycles. The molecule has 0 atom stereocenters. The van der Waals surface area contributed by atoms with Crippen LogP contribution in [-0.2, 0) is 9.53 Å². The van der Waals surface area contributed by atoms with Gasteiger partial charge in [0.25, 0.3) is 0 Å². The molecule has 0 saturated carbocycles. The highest BCUT2D eigenvalue weighted by Crippen LogP contribution is 1.93. The molecular weight excluding hydrogens is 156 g/mol. The van der Waals surface area contributed by atoms with Gasteiger partial charge in [-0.25, -0.2) is 0 Å². The number of esters is 1. The van der Waals surface area contributed by atoms with Crippen LogP contribution in [0.15, 0.2) is 23.8 Å². The van der Waals surface area contributed by atoms with Crippen molar-refractivity contribution in [1.82, 2.24) is 0 Å². The smallest absolute Gasteiger partial charge is 0.302 e. The van der Waals surface area contributed by atoms with E-state index in [0.717, 1.165) is 5.57 Å². The molecule has 0 aromatic rings. The summed E-state index contributed by atoms with van der Waals surface area (Å²) < 4.78 is 4.65. The molecule has 1 N–H and O–H groups in total. The molecule has 0 heterocycles. The van der Waals surface area contributed by atoms with E-state index in [1.54, 1.807) is 18.2 Å². The highest BCUT2D eigenvalue weighted by Gasteiger charge is 1.86. The van der Waals surface area contributed by atoms with Gasteiger partial charge in [0, 0.05) is 6.92 Å². The number of hydrogen-bond acceptors (Lipinski definition) is 3. The number of ether oxygens (including phenoxy) is 1. The van der Waals surface area contributed by atoms with Crippen LogP contribution >= 0.6 is 0 Å². The zero-order valence-electron chi connectivity index (χ0n) is 7.41. The van der Waals surface area contributed by atoms with E-state index in [2.05, 4.69) is 4.74 Å². The maximum absolute atomic E-state index is 10.3. The van der Waals surface area contributed by atoms with Crippen LogP contribution < -0.4 is 0 Å². The fourth-order valence-corrected chi connectivity index (χ4v) is 0.612. The Kier molecular flexibility index (Phi) is 6.01. The van der Waals surface area contributed by atoms with E-state index < -0.39 is 0 Å². The molecule has 0 aliphatic rings. The zero-order valence-corrected chi connectivity index (χ0v) is 7.41. The minimum Gasteiger partial charge on any atom is -0.462 e. The summed E-state index contributed by atoms with van der Waals surface area (Å²) in [7, 11) is 0. The second-order valence-electron chi connectivity index (χ2n) is 2.34. The Morgan fingerprint density at radius 1 is 1.50 bits per heavy atom. The molecule has 0 bridgehead atoms. The van der Waals surface area contributed by atoms with E-state index in [1.165, 1.54) is 6.92 Å². The van der Waals surface area contributed by atoms with Crippen LogP contribution in [0.5, 0.6) is 0 Å². The Hall–Kier alpha value is -1.09. The largest absolute Gasteiger partial charge is 0.462 e. The lowest BCUT2D eigenvalue weighted by atomic mass is 10.2. The van der Waals surface area contributed by atoms with Crippen molar-refractivity contribution in [2.24, 2.45) is 0 Å². The third kappa shape index (κ3) is 7.02. The molecule has 0 unspecified atom stereocenters. The molecule has 3 heteroatoms. The molecule has 0 aromatic carbocycles. The molecule has 0 aliphatic heterocycles. The molecule has 0 aliphatic carbocycles. The van der Waals surface area contributed by atoms with Crippen molar-refractivity contribution in [2.75, 3.05) is 13.2 Å². The van der Waals surface area contributed by atoms with Crippen molar-refractivity contribution in [2.45, 2.75) is 13.8 Å². The molecule has 0 amide bonds. The molecule has 0 spiro atoms. The lowest BCUT2D eigenvalue weighted by molar-refractivity contribution is -0.139. The van der Waals surface area contributed by atoms with Crippen LogP contribution in [0.25, 0.3) is 0 Å². The zero-order chi connectivity index (χ0) is 9.40. The number of aliphatic hydroxyl groups excluding tert-OH is 1. The highest BCUT2D eigenvalue weighted by atomic mass is 16.5. The highest BCUT2D eigenvalue weighted by molar-refractivity contribution is 5.66. The molecule has 0 fully saturated rings. The minimum absolute atomic E-state index is 0.0315. The molecule has 68 valence electrons. The van der Waals surface area contributed by atoms with Gasteiger partial charge in [-0.1, -0.05) is 17.7 Å². The van der Waals surface area contributed by atoms with Gasteiger partial charge in [-0.05, 0) is 13.0 Å². The second kappa shape index (κ2) is 6.61. The topological polar surface area (TPSA) is 46.5 Å². The van der Waals surface area contributed by atoms with Crippen LogP contribution in [-0.4, -0.2) is 24.3 Å². The van der Waals surface area contributed by atoms with E-state index in [1.807, 2.05) is 6.92 Å². The Morgan fingerprint density at radius 3 is 2.67 bits per heavy atom. The summed E-state index contributed by atoms with van der Waals surface area (Å²) in [6.45, 7) is 3.54. The average molecular weight is 170 g/mol. The van der Waals surface area contributed by atoms with E-state index in [9.17, 15) is 4.79 Å². The summed E-state index contributed by atoms with van der Waals surface area (Å²) in [4.78, 5) is 10.3. The minimum atomic E-state index is -0.288. The van der Waals surface area contributed by atoms with Gasteiger partial charge in [-0.2, -0.15) is 0 Å². The Labute approximate surface area is 72.3 Å². The van der Waals surface area contributed by atoms with E-state index in [-0.39, 0.29) is 19.2 Å². The van der Waals surface area contributed by atoms with Crippen LogP contribution in [0.4, 0.5) is 0 Å². The van der Waals surface area contributed by atoms with Crippen LogP contribution in [0.2, 0.25) is 0 Å². The van der Waals surface area contributed by atoms with Crippen LogP contribution in [0.3, 0.4) is 0 Å². The Balaban J connectivity index is 3.61. The summed E-state index contributed by atoms with van der Waals surface area (Å²) in [6, 6.07) is 0. The third-order valence-corrected chi connectivity index (χ3v) is 1.18. The standard InChI is InChI=1S/C9H14O3/c1-8(5-6-10)4-3-7-12-9(2)11/h3-5,10H,6-7H2,1-2H3. The van der Waals surface area contributed by atoms with Crippen molar-refractivity contribution >= 4 is 5.97 Å². The Bertz CT molecular complexity index is 192. The van der Waals surface area contributed by atoms with Crippen molar-refractivity contribution in [1.29, 1.82) is 0 Å². The summed E-state index contributed by atoms with van der Waals surface area (Å²) in [5, 5.41) is 8.49. The number of aliphatic hydroxyl groups is 1. The number of allylic oxidation sites excluding steroid dienone is 2. The van der Waals surface area contributed by atoms with Gasteiger partial charge >= 0.3 is 5.97 Å². The number of rotatable bonds is 4. The SMILES string of the molecule is CC(=O)OCC=CC(C)=CCO. The first kappa shape index (κ1) is 10.9. The predicted octanol–water partition coefficient (Wildman–Crippen LogP) is 1.04. The summed E-state index contributed by atoms with van der Waals surface area (Å²) in [6.07, 6.45) is 5.19. The van der Waals surface area contributed by atoms with E-state index >= 15 is 0 Å². The second-order valence-corrected chi connectivity index (χ2v) is 2.34. The van der Waals surface area contributed by atoms with E-state index in [0.29, 0.717) is 0 Å². The maximum atomic E-state index is 10.3. The Morgan fingerprint density at radius 2 is 2.17 bits per heavy atom. The molecule has 0 saturated heterocycles. The summed E-state index contributed by atoms with van der Waals surface area (Å²) in [5.74, 6) is -0.288.